The van der Waals surface area contributed by atoms with Gasteiger partial charge in [-0.1, -0.05) is 6.07 Å². The fourth-order valence-corrected chi connectivity index (χ4v) is 3.98. The number of nitroso groups, excluding NO2 is 2. The topological polar surface area (TPSA) is 97.5 Å². The van der Waals surface area contributed by atoms with Crippen LogP contribution in [0.2, 0.25) is 0 Å². The van der Waals surface area contributed by atoms with Crippen LogP contribution in [-0.2, 0) is 12.8 Å². The molecule has 0 aromatic heterocycles. The molecule has 7 heteroatoms. The summed E-state index contributed by atoms with van der Waals surface area (Å²) < 4.78 is 12.1. The van der Waals surface area contributed by atoms with Gasteiger partial charge in [0.25, 0.3) is 0 Å². The molecule has 2 heterocycles. The molecule has 2 aromatic carbocycles. The van der Waals surface area contributed by atoms with Gasteiger partial charge in [-0.25, -0.2) is 0 Å². The van der Waals surface area contributed by atoms with Gasteiger partial charge in [0.2, 0.25) is 0 Å². The number of hydrogen-bond donors (Lipinski definition) is 1. The second kappa shape index (κ2) is 6.33. The lowest BCUT2D eigenvalue weighted by molar-refractivity contribution is 0.0827. The summed E-state index contributed by atoms with van der Waals surface area (Å²) in [6.45, 7) is 4.43. The number of phenolic OH excluding ortho intramolecular Hbond substituents is 1. The number of hydrogen-bond acceptors (Lipinski definition) is 7. The summed E-state index contributed by atoms with van der Waals surface area (Å²) in [7, 11) is 0. The van der Waals surface area contributed by atoms with Gasteiger partial charge < -0.3 is 14.6 Å². The van der Waals surface area contributed by atoms with Crippen LogP contribution in [-0.4, -0.2) is 17.3 Å². The molecular weight excluding hydrogens is 348 g/mol. The van der Waals surface area contributed by atoms with Crippen molar-refractivity contribution in [2.45, 2.75) is 44.6 Å². The molecule has 0 spiro atoms. The molecule has 4 rings (SSSR count). The molecule has 0 radical (unpaired) electrons. The van der Waals surface area contributed by atoms with E-state index in [1.807, 2.05) is 12.1 Å². The Labute approximate surface area is 156 Å². The molecule has 2 aromatic rings. The zero-order valence-electron chi connectivity index (χ0n) is 15.2. The van der Waals surface area contributed by atoms with Crippen molar-refractivity contribution < 1.29 is 14.6 Å². The summed E-state index contributed by atoms with van der Waals surface area (Å²) in [5.74, 6) is 1.21. The minimum atomic E-state index is -0.252. The number of phenols is 1. The van der Waals surface area contributed by atoms with Gasteiger partial charge in [-0.2, -0.15) is 0 Å². The van der Waals surface area contributed by atoms with Crippen LogP contribution in [0.1, 0.15) is 42.9 Å². The minimum absolute atomic E-state index is 0.0182. The van der Waals surface area contributed by atoms with Crippen molar-refractivity contribution in [2.24, 2.45) is 10.4 Å². The van der Waals surface area contributed by atoms with E-state index in [0.717, 1.165) is 35.5 Å². The third-order valence-electron chi connectivity index (χ3n) is 5.28. The van der Waals surface area contributed by atoms with Crippen molar-refractivity contribution >= 4 is 11.4 Å². The molecule has 0 fully saturated rings. The van der Waals surface area contributed by atoms with E-state index in [-0.39, 0.29) is 28.6 Å². The van der Waals surface area contributed by atoms with Gasteiger partial charge in [0.1, 0.15) is 34.2 Å². The van der Waals surface area contributed by atoms with E-state index in [1.54, 1.807) is 0 Å². The van der Waals surface area contributed by atoms with Crippen molar-refractivity contribution in [3.63, 3.8) is 0 Å². The number of nitrogens with zero attached hydrogens (tertiary/aromatic N) is 2. The number of benzene rings is 2. The highest BCUT2D eigenvalue weighted by Crippen LogP contribution is 2.47. The van der Waals surface area contributed by atoms with Gasteiger partial charge in [0.05, 0.1) is 6.61 Å². The molecule has 1 atom stereocenters. The lowest BCUT2D eigenvalue weighted by atomic mass is 9.85. The lowest BCUT2D eigenvalue weighted by Gasteiger charge is -2.35. The first kappa shape index (κ1) is 17.5. The van der Waals surface area contributed by atoms with Crippen LogP contribution in [0.15, 0.2) is 34.6 Å². The molecule has 2 aliphatic heterocycles. The van der Waals surface area contributed by atoms with Gasteiger partial charge in [-0.05, 0) is 55.1 Å². The first-order chi connectivity index (χ1) is 12.9. The first-order valence-electron chi connectivity index (χ1n) is 8.92. The Morgan fingerprint density at radius 2 is 1.85 bits per heavy atom. The van der Waals surface area contributed by atoms with E-state index in [0.29, 0.717) is 18.6 Å². The number of ether oxygens (including phenoxy) is 2. The van der Waals surface area contributed by atoms with Gasteiger partial charge in [0, 0.05) is 29.2 Å². The summed E-state index contributed by atoms with van der Waals surface area (Å²) >= 11 is 0. The summed E-state index contributed by atoms with van der Waals surface area (Å²) in [5.41, 5.74) is 2.32. The predicted octanol–water partition coefficient (Wildman–Crippen LogP) is 5.01. The number of rotatable bonds is 3. The van der Waals surface area contributed by atoms with E-state index < -0.39 is 0 Å². The molecule has 7 nitrogen and oxygen atoms in total. The summed E-state index contributed by atoms with van der Waals surface area (Å²) in [4.78, 5) is 22.5. The largest absolute Gasteiger partial charge is 0.508 e. The molecule has 0 aliphatic carbocycles. The van der Waals surface area contributed by atoms with Crippen LogP contribution in [0.25, 0.3) is 0 Å². The van der Waals surface area contributed by atoms with E-state index in [4.69, 9.17) is 9.47 Å². The Balaban J connectivity index is 1.71. The fraction of sp³-hybridized carbons (Fsp3) is 0.400. The van der Waals surface area contributed by atoms with Gasteiger partial charge in [-0.15, -0.1) is 9.81 Å². The van der Waals surface area contributed by atoms with Crippen molar-refractivity contribution in [2.75, 3.05) is 6.61 Å². The van der Waals surface area contributed by atoms with Crippen LogP contribution in [0.3, 0.4) is 0 Å². The highest BCUT2D eigenvalue weighted by molar-refractivity contribution is 5.66. The molecule has 0 saturated carbocycles. The Bertz CT molecular complexity index is 909. The summed E-state index contributed by atoms with van der Waals surface area (Å²) in [6.07, 6.45) is 2.36. The maximum Gasteiger partial charge on any atom is 0.129 e. The molecule has 1 unspecified atom stereocenters. The molecule has 140 valence electrons. The molecule has 0 saturated heterocycles. The van der Waals surface area contributed by atoms with Crippen LogP contribution in [0, 0.1) is 9.81 Å². The zero-order valence-corrected chi connectivity index (χ0v) is 15.2. The van der Waals surface area contributed by atoms with E-state index in [2.05, 4.69) is 24.2 Å². The SMILES string of the molecule is CC1(C)CCc2c(ccc3c2OCC(c2c(N=O)cc(O)cc2N=O)C3)O1. The van der Waals surface area contributed by atoms with Crippen molar-refractivity contribution in [3.05, 3.63) is 50.8 Å². The molecule has 2 aliphatic rings. The standard InChI is InChI=1S/C20H20N2O5/c1-20(2)6-5-14-17(27-20)4-3-11-7-12(10-26-19(11)14)18-15(21-24)8-13(23)9-16(18)22-25/h3-4,8-9,12,23H,5-7,10H2,1-2H3. The quantitative estimate of drug-likeness (QED) is 0.768. The Kier molecular flexibility index (Phi) is 4.09. The van der Waals surface area contributed by atoms with Crippen LogP contribution >= 0.6 is 0 Å². The normalized spacial score (nSPS) is 19.9. The molecule has 27 heavy (non-hydrogen) atoms. The van der Waals surface area contributed by atoms with Crippen molar-refractivity contribution in [1.29, 1.82) is 0 Å². The third kappa shape index (κ3) is 3.03. The third-order valence-corrected chi connectivity index (χ3v) is 5.28. The molecule has 0 amide bonds. The fourth-order valence-electron chi connectivity index (χ4n) is 3.98. The summed E-state index contributed by atoms with van der Waals surface area (Å²) in [5, 5.41) is 15.6. The van der Waals surface area contributed by atoms with Crippen molar-refractivity contribution in [1.82, 2.24) is 0 Å². The summed E-state index contributed by atoms with van der Waals surface area (Å²) in [6, 6.07) is 6.41. The number of aromatic hydroxyl groups is 1. The van der Waals surface area contributed by atoms with Crippen LogP contribution < -0.4 is 9.47 Å². The molecule has 0 bridgehead atoms. The lowest BCUT2D eigenvalue weighted by Crippen LogP contribution is -2.33. The Morgan fingerprint density at radius 3 is 2.52 bits per heavy atom. The highest BCUT2D eigenvalue weighted by Gasteiger charge is 2.33. The predicted molar refractivity (Wildman–Crippen MR) is 100 cm³/mol. The number of fused-ring (bicyclic) bond motifs is 3. The average molecular weight is 368 g/mol. The van der Waals surface area contributed by atoms with Crippen LogP contribution in [0.4, 0.5) is 11.4 Å². The monoisotopic (exact) mass is 368 g/mol. The second-order valence-corrected chi connectivity index (χ2v) is 7.68. The van der Waals surface area contributed by atoms with Gasteiger partial charge in [-0.3, -0.25) is 0 Å². The van der Waals surface area contributed by atoms with Crippen molar-refractivity contribution in [3.8, 4) is 17.2 Å². The Morgan fingerprint density at radius 1 is 1.15 bits per heavy atom. The Hall–Kier alpha value is -2.96. The van der Waals surface area contributed by atoms with E-state index >= 15 is 0 Å². The maximum absolute atomic E-state index is 11.2. The van der Waals surface area contributed by atoms with E-state index in [9.17, 15) is 14.9 Å². The van der Waals surface area contributed by atoms with Crippen LogP contribution in [0.5, 0.6) is 17.2 Å². The van der Waals surface area contributed by atoms with E-state index in [1.165, 1.54) is 12.1 Å². The zero-order chi connectivity index (χ0) is 19.2. The minimum Gasteiger partial charge on any atom is -0.508 e. The second-order valence-electron chi connectivity index (χ2n) is 7.68. The molecule has 1 N–H and O–H groups in total. The highest BCUT2D eigenvalue weighted by atomic mass is 16.5. The van der Waals surface area contributed by atoms with Gasteiger partial charge in [0.15, 0.2) is 0 Å². The smallest absolute Gasteiger partial charge is 0.129 e. The van der Waals surface area contributed by atoms with Gasteiger partial charge >= 0.3 is 0 Å². The first-order valence-corrected chi connectivity index (χ1v) is 8.92. The molecular formula is C20H20N2O5. The maximum atomic E-state index is 11.2. The average Bonchev–Trinajstić information content (AvgIpc) is 2.65.